The number of halogens is 1. The molecule has 3 rings (SSSR count). The first-order valence-corrected chi connectivity index (χ1v) is 8.93. The number of hydrogen-bond acceptors (Lipinski definition) is 6. The number of nitro groups is 1. The van der Waals surface area contributed by atoms with Crippen LogP contribution in [0.5, 0.6) is 0 Å². The Balaban J connectivity index is 1.92. The van der Waals surface area contributed by atoms with E-state index >= 15 is 0 Å². The van der Waals surface area contributed by atoms with E-state index in [4.69, 9.17) is 11.6 Å². The van der Waals surface area contributed by atoms with E-state index in [0.717, 1.165) is 10.4 Å². The zero-order valence-electron chi connectivity index (χ0n) is 13.7. The highest BCUT2D eigenvalue weighted by atomic mass is 35.5. The van der Waals surface area contributed by atoms with Gasteiger partial charge in [0.25, 0.3) is 5.69 Å². The number of aryl methyl sites for hydroxylation is 1. The van der Waals surface area contributed by atoms with Gasteiger partial charge in [-0.25, -0.2) is 0 Å². The molecule has 1 aromatic heterocycles. The lowest BCUT2D eigenvalue weighted by Gasteiger charge is -2.13. The summed E-state index contributed by atoms with van der Waals surface area (Å²) >= 11 is 7.83. The number of benzene rings is 2. The molecule has 26 heavy (non-hydrogen) atoms. The summed E-state index contributed by atoms with van der Waals surface area (Å²) in [5, 5.41) is 19.6. The molecule has 0 saturated carbocycles. The quantitative estimate of drug-likeness (QED) is 0.309. The number of anilines is 2. The molecule has 1 atom stereocenters. The summed E-state index contributed by atoms with van der Waals surface area (Å²) in [5.74, 6) is 0. The van der Waals surface area contributed by atoms with Crippen LogP contribution in [0.3, 0.4) is 0 Å². The number of para-hydroxylation sites is 2. The number of nitrogens with one attached hydrogen (secondary N) is 1. The fourth-order valence-corrected chi connectivity index (χ4v) is 3.89. The van der Waals surface area contributed by atoms with Crippen molar-refractivity contribution >= 4 is 40.0 Å². The first-order chi connectivity index (χ1) is 12.5. The molecule has 0 aliphatic heterocycles. The molecule has 1 N–H and O–H groups in total. The van der Waals surface area contributed by atoms with Crippen LogP contribution in [-0.2, 0) is 0 Å². The minimum absolute atomic E-state index is 0.0330. The van der Waals surface area contributed by atoms with E-state index in [2.05, 4.69) is 10.5 Å². The van der Waals surface area contributed by atoms with Crippen LogP contribution in [-0.4, -0.2) is 4.92 Å². The Hall–Kier alpha value is -2.77. The van der Waals surface area contributed by atoms with Gasteiger partial charge in [0.05, 0.1) is 4.92 Å². The van der Waals surface area contributed by atoms with Crippen molar-refractivity contribution in [3.05, 3.63) is 90.0 Å². The maximum absolute atomic E-state index is 11.4. The van der Waals surface area contributed by atoms with Gasteiger partial charge in [-0.2, -0.15) is 0 Å². The molecule has 0 amide bonds. The van der Waals surface area contributed by atoms with Crippen LogP contribution < -0.4 is 5.32 Å². The number of thiophene rings is 1. The van der Waals surface area contributed by atoms with Crippen LogP contribution in [0.25, 0.3) is 0 Å². The van der Waals surface area contributed by atoms with Crippen LogP contribution in [0.2, 0.25) is 5.02 Å². The summed E-state index contributed by atoms with van der Waals surface area (Å²) < 4.78 is 0. The first kappa shape index (κ1) is 18.0. The van der Waals surface area contributed by atoms with Crippen molar-refractivity contribution in [1.82, 2.24) is 0 Å². The predicted octanol–water partition coefficient (Wildman–Crippen LogP) is 6.22. The smallest absolute Gasteiger partial charge is 0.292 e. The Morgan fingerprint density at radius 1 is 1.23 bits per heavy atom. The summed E-state index contributed by atoms with van der Waals surface area (Å²) in [7, 11) is 0. The fourth-order valence-electron chi connectivity index (χ4n) is 2.63. The van der Waals surface area contributed by atoms with Gasteiger partial charge in [0.1, 0.15) is 5.69 Å². The molecule has 132 valence electrons. The summed E-state index contributed by atoms with van der Waals surface area (Å²) in [6.45, 7) is 1.92. The molecule has 0 aliphatic rings. The third kappa shape index (κ3) is 3.58. The zero-order chi connectivity index (χ0) is 18.7. The van der Waals surface area contributed by atoms with E-state index in [1.807, 2.05) is 18.4 Å². The lowest BCUT2D eigenvalue weighted by molar-refractivity contribution is -0.383. The average molecular weight is 388 g/mol. The van der Waals surface area contributed by atoms with E-state index in [0.29, 0.717) is 22.0 Å². The van der Waals surface area contributed by atoms with Gasteiger partial charge in [-0.3, -0.25) is 10.1 Å². The maximum atomic E-state index is 11.4. The lowest BCUT2D eigenvalue weighted by Crippen LogP contribution is -2.00. The molecule has 0 radical (unpaired) electrons. The first-order valence-electron chi connectivity index (χ1n) is 7.67. The fraction of sp³-hybridized carbons (Fsp3) is 0.111. The van der Waals surface area contributed by atoms with Crippen LogP contribution in [0.4, 0.5) is 17.1 Å². The van der Waals surface area contributed by atoms with Crippen molar-refractivity contribution in [3.63, 3.8) is 0 Å². The second-order valence-electron chi connectivity index (χ2n) is 5.61. The Morgan fingerprint density at radius 2 is 2.00 bits per heavy atom. The molecule has 1 heterocycles. The minimum Gasteiger partial charge on any atom is -0.350 e. The topological polar surface area (TPSA) is 84.6 Å². The normalized spacial score (nSPS) is 11.8. The molecule has 0 saturated heterocycles. The molecule has 0 bridgehead atoms. The largest absolute Gasteiger partial charge is 0.350 e. The second kappa shape index (κ2) is 7.63. The Morgan fingerprint density at radius 3 is 2.62 bits per heavy atom. The van der Waals surface area contributed by atoms with Crippen molar-refractivity contribution in [2.24, 2.45) is 5.18 Å². The Kier molecular flexibility index (Phi) is 5.29. The number of nitroso groups, excluding NO2 is 1. The third-order valence-electron chi connectivity index (χ3n) is 3.93. The van der Waals surface area contributed by atoms with Gasteiger partial charge in [0.2, 0.25) is 0 Å². The molecular weight excluding hydrogens is 374 g/mol. The van der Waals surface area contributed by atoms with Crippen LogP contribution in [0, 0.1) is 21.9 Å². The highest BCUT2D eigenvalue weighted by molar-refractivity contribution is 7.10. The summed E-state index contributed by atoms with van der Waals surface area (Å²) in [5.41, 5.74) is 2.49. The molecule has 1 unspecified atom stereocenters. The van der Waals surface area contributed by atoms with Crippen LogP contribution in [0.1, 0.15) is 22.0 Å². The van der Waals surface area contributed by atoms with Crippen molar-refractivity contribution < 1.29 is 4.92 Å². The summed E-state index contributed by atoms with van der Waals surface area (Å²) in [6, 6.07) is 12.7. The molecule has 2 aromatic carbocycles. The Labute approximate surface area is 158 Å². The highest BCUT2D eigenvalue weighted by Crippen LogP contribution is 2.37. The summed E-state index contributed by atoms with van der Waals surface area (Å²) in [4.78, 5) is 22.9. The van der Waals surface area contributed by atoms with E-state index in [1.54, 1.807) is 36.4 Å². The van der Waals surface area contributed by atoms with Gasteiger partial charge in [-0.1, -0.05) is 35.0 Å². The standard InChI is InChI=1S/C18H14ClN3O3S/c1-11-8-9-26-18(11)17(21-23)13-7-6-12(10-14(13)19)20-15-4-2-3-5-16(15)22(24)25/h2-10,17,20H,1H3. The van der Waals surface area contributed by atoms with E-state index < -0.39 is 11.0 Å². The van der Waals surface area contributed by atoms with Crippen LogP contribution in [0.15, 0.2) is 59.1 Å². The second-order valence-corrected chi connectivity index (χ2v) is 6.97. The van der Waals surface area contributed by atoms with Gasteiger partial charge >= 0.3 is 0 Å². The molecule has 8 heteroatoms. The number of nitrogens with zero attached hydrogens (tertiary/aromatic N) is 2. The molecule has 0 fully saturated rings. The maximum Gasteiger partial charge on any atom is 0.292 e. The van der Waals surface area contributed by atoms with E-state index in [-0.39, 0.29) is 5.69 Å². The summed E-state index contributed by atoms with van der Waals surface area (Å²) in [6.07, 6.45) is 0. The number of hydrogen-bond donors (Lipinski definition) is 1. The SMILES string of the molecule is Cc1ccsc1C(N=O)c1ccc(Nc2ccccc2[N+](=O)[O-])cc1Cl. The monoisotopic (exact) mass is 387 g/mol. The molecular formula is C18H14ClN3O3S. The lowest BCUT2D eigenvalue weighted by atomic mass is 10.0. The highest BCUT2D eigenvalue weighted by Gasteiger charge is 2.21. The van der Waals surface area contributed by atoms with E-state index in [9.17, 15) is 15.0 Å². The van der Waals surface area contributed by atoms with E-state index in [1.165, 1.54) is 17.4 Å². The van der Waals surface area contributed by atoms with Gasteiger partial charge in [-0.05, 0) is 42.1 Å². The van der Waals surface area contributed by atoms with Gasteiger partial charge in [-0.15, -0.1) is 16.2 Å². The average Bonchev–Trinajstić information content (AvgIpc) is 3.03. The molecule has 3 aromatic rings. The predicted molar refractivity (Wildman–Crippen MR) is 105 cm³/mol. The Bertz CT molecular complexity index is 974. The van der Waals surface area contributed by atoms with Gasteiger partial charge in [0.15, 0.2) is 6.04 Å². The molecule has 0 spiro atoms. The number of nitro benzene ring substituents is 1. The number of rotatable bonds is 6. The van der Waals surface area contributed by atoms with Crippen molar-refractivity contribution in [2.45, 2.75) is 13.0 Å². The minimum atomic E-state index is -0.678. The van der Waals surface area contributed by atoms with Crippen molar-refractivity contribution in [1.29, 1.82) is 0 Å². The third-order valence-corrected chi connectivity index (χ3v) is 5.33. The van der Waals surface area contributed by atoms with Gasteiger partial charge < -0.3 is 5.32 Å². The van der Waals surface area contributed by atoms with Crippen LogP contribution >= 0.6 is 22.9 Å². The molecule has 0 aliphatic carbocycles. The van der Waals surface area contributed by atoms with Crippen molar-refractivity contribution in [2.75, 3.05) is 5.32 Å². The zero-order valence-corrected chi connectivity index (χ0v) is 15.3. The van der Waals surface area contributed by atoms with Gasteiger partial charge in [0, 0.05) is 27.2 Å². The van der Waals surface area contributed by atoms with Crippen molar-refractivity contribution in [3.8, 4) is 0 Å². The molecule has 6 nitrogen and oxygen atoms in total.